The van der Waals surface area contributed by atoms with Crippen molar-refractivity contribution in [2.75, 3.05) is 12.8 Å². The first-order valence-electron chi connectivity index (χ1n) is 5.38. The van der Waals surface area contributed by atoms with Crippen LogP contribution in [0.25, 0.3) is 0 Å². The van der Waals surface area contributed by atoms with E-state index in [1.807, 2.05) is 27.7 Å². The summed E-state index contributed by atoms with van der Waals surface area (Å²) in [5.41, 5.74) is 5.50. The SMILES string of the molecule is CC(c1cc(N)on1)N(C)C(=O)OC(C)(C)C. The van der Waals surface area contributed by atoms with Gasteiger partial charge in [0.1, 0.15) is 11.3 Å². The number of aromatic nitrogens is 1. The van der Waals surface area contributed by atoms with Crippen molar-refractivity contribution in [1.82, 2.24) is 10.1 Å². The van der Waals surface area contributed by atoms with Crippen molar-refractivity contribution in [3.05, 3.63) is 11.8 Å². The maximum absolute atomic E-state index is 11.8. The molecule has 0 aliphatic heterocycles. The van der Waals surface area contributed by atoms with Gasteiger partial charge in [-0.1, -0.05) is 5.16 Å². The number of carbonyl (C=O) groups excluding carboxylic acids is 1. The molecule has 1 rings (SSSR count). The molecular formula is C11H19N3O3. The molecular weight excluding hydrogens is 222 g/mol. The normalized spacial score (nSPS) is 13.2. The molecule has 96 valence electrons. The van der Waals surface area contributed by atoms with Crippen LogP contribution in [0.5, 0.6) is 0 Å². The van der Waals surface area contributed by atoms with E-state index < -0.39 is 11.7 Å². The van der Waals surface area contributed by atoms with E-state index >= 15 is 0 Å². The first-order valence-corrected chi connectivity index (χ1v) is 5.38. The Kier molecular flexibility index (Phi) is 3.65. The molecule has 2 N–H and O–H groups in total. The van der Waals surface area contributed by atoms with Gasteiger partial charge in [-0.3, -0.25) is 0 Å². The number of hydrogen-bond acceptors (Lipinski definition) is 5. The monoisotopic (exact) mass is 241 g/mol. The number of hydrogen-bond donors (Lipinski definition) is 1. The molecule has 1 aromatic rings. The van der Waals surface area contributed by atoms with Crippen LogP contribution in [0.15, 0.2) is 10.6 Å². The van der Waals surface area contributed by atoms with E-state index in [-0.39, 0.29) is 11.9 Å². The summed E-state index contributed by atoms with van der Waals surface area (Å²) in [7, 11) is 1.64. The van der Waals surface area contributed by atoms with Gasteiger partial charge in [0.25, 0.3) is 0 Å². The van der Waals surface area contributed by atoms with E-state index in [4.69, 9.17) is 15.0 Å². The van der Waals surface area contributed by atoms with Gasteiger partial charge >= 0.3 is 6.09 Å². The van der Waals surface area contributed by atoms with Crippen LogP contribution in [0, 0.1) is 0 Å². The molecule has 0 aliphatic rings. The van der Waals surface area contributed by atoms with Crippen molar-refractivity contribution in [2.24, 2.45) is 0 Å². The molecule has 0 saturated heterocycles. The highest BCUT2D eigenvalue weighted by Crippen LogP contribution is 2.21. The first kappa shape index (κ1) is 13.3. The van der Waals surface area contributed by atoms with Crippen molar-refractivity contribution in [1.29, 1.82) is 0 Å². The second-order valence-electron chi connectivity index (χ2n) is 4.92. The second-order valence-corrected chi connectivity index (χ2v) is 4.92. The van der Waals surface area contributed by atoms with Crippen molar-refractivity contribution in [2.45, 2.75) is 39.3 Å². The van der Waals surface area contributed by atoms with E-state index in [2.05, 4.69) is 5.16 Å². The van der Waals surface area contributed by atoms with Gasteiger partial charge in [0, 0.05) is 13.1 Å². The van der Waals surface area contributed by atoms with Crippen LogP contribution in [-0.2, 0) is 4.74 Å². The predicted octanol–water partition coefficient (Wildman–Crippen LogP) is 2.18. The van der Waals surface area contributed by atoms with Gasteiger partial charge in [-0.15, -0.1) is 0 Å². The molecule has 1 amide bonds. The minimum Gasteiger partial charge on any atom is -0.444 e. The van der Waals surface area contributed by atoms with Crippen LogP contribution in [-0.4, -0.2) is 28.8 Å². The van der Waals surface area contributed by atoms with Gasteiger partial charge in [-0.2, -0.15) is 0 Å². The van der Waals surface area contributed by atoms with Gasteiger partial charge in [0.05, 0.1) is 6.04 Å². The van der Waals surface area contributed by atoms with Gasteiger partial charge < -0.3 is 19.9 Å². The zero-order valence-electron chi connectivity index (χ0n) is 10.9. The standard InChI is InChI=1S/C11H19N3O3/c1-7(8-6-9(12)17-13-8)14(5)10(15)16-11(2,3)4/h6-7H,12H2,1-5H3. The van der Waals surface area contributed by atoms with Crippen molar-refractivity contribution < 1.29 is 14.1 Å². The topological polar surface area (TPSA) is 81.6 Å². The fourth-order valence-corrected chi connectivity index (χ4v) is 1.19. The van der Waals surface area contributed by atoms with E-state index in [1.54, 1.807) is 13.1 Å². The third-order valence-corrected chi connectivity index (χ3v) is 2.24. The van der Waals surface area contributed by atoms with Crippen molar-refractivity contribution in [3.8, 4) is 0 Å². The van der Waals surface area contributed by atoms with Crippen LogP contribution in [0.4, 0.5) is 10.7 Å². The lowest BCUT2D eigenvalue weighted by Crippen LogP contribution is -2.35. The van der Waals surface area contributed by atoms with E-state index in [1.165, 1.54) is 4.90 Å². The number of carbonyl (C=O) groups is 1. The third-order valence-electron chi connectivity index (χ3n) is 2.24. The summed E-state index contributed by atoms with van der Waals surface area (Å²) in [5, 5.41) is 3.77. The van der Waals surface area contributed by atoms with Crippen LogP contribution < -0.4 is 5.73 Å². The Morgan fingerprint density at radius 1 is 1.59 bits per heavy atom. The molecule has 0 bridgehead atoms. The molecule has 1 aromatic heterocycles. The lowest BCUT2D eigenvalue weighted by atomic mass is 10.2. The van der Waals surface area contributed by atoms with Gasteiger partial charge in [0.2, 0.25) is 5.88 Å². The van der Waals surface area contributed by atoms with Crippen LogP contribution in [0.3, 0.4) is 0 Å². The Morgan fingerprint density at radius 3 is 2.59 bits per heavy atom. The average Bonchev–Trinajstić information content (AvgIpc) is 2.60. The highest BCUT2D eigenvalue weighted by atomic mass is 16.6. The molecule has 0 aromatic carbocycles. The Bertz CT molecular complexity index is 395. The summed E-state index contributed by atoms with van der Waals surface area (Å²) >= 11 is 0. The number of nitrogen functional groups attached to an aromatic ring is 1. The number of anilines is 1. The third kappa shape index (κ3) is 3.65. The van der Waals surface area contributed by atoms with Gasteiger partial charge in [-0.05, 0) is 27.7 Å². The number of rotatable bonds is 2. The number of nitrogens with zero attached hydrogens (tertiary/aromatic N) is 2. The summed E-state index contributed by atoms with van der Waals surface area (Å²) in [6.45, 7) is 7.27. The molecule has 0 radical (unpaired) electrons. The van der Waals surface area contributed by atoms with E-state index in [0.29, 0.717) is 5.69 Å². The van der Waals surface area contributed by atoms with Gasteiger partial charge in [-0.25, -0.2) is 4.79 Å². The highest BCUT2D eigenvalue weighted by molar-refractivity contribution is 5.68. The molecule has 0 aliphatic carbocycles. The van der Waals surface area contributed by atoms with Crippen molar-refractivity contribution in [3.63, 3.8) is 0 Å². The molecule has 17 heavy (non-hydrogen) atoms. The zero-order chi connectivity index (χ0) is 13.2. The number of ether oxygens (including phenoxy) is 1. The molecule has 0 fully saturated rings. The lowest BCUT2D eigenvalue weighted by Gasteiger charge is -2.27. The quantitative estimate of drug-likeness (QED) is 0.858. The Balaban J connectivity index is 2.70. The Labute approximate surface area is 101 Å². The predicted molar refractivity (Wildman–Crippen MR) is 63.3 cm³/mol. The maximum atomic E-state index is 11.8. The summed E-state index contributed by atoms with van der Waals surface area (Å²) < 4.78 is 10.0. The summed E-state index contributed by atoms with van der Waals surface area (Å²) in [6.07, 6.45) is -0.411. The van der Waals surface area contributed by atoms with Crippen LogP contribution in [0.2, 0.25) is 0 Å². The summed E-state index contributed by atoms with van der Waals surface area (Å²) in [6, 6.07) is 1.33. The number of amides is 1. The smallest absolute Gasteiger partial charge is 0.410 e. The largest absolute Gasteiger partial charge is 0.444 e. The van der Waals surface area contributed by atoms with Crippen LogP contribution >= 0.6 is 0 Å². The second kappa shape index (κ2) is 4.65. The molecule has 1 atom stereocenters. The van der Waals surface area contributed by atoms with Crippen LogP contribution in [0.1, 0.15) is 39.4 Å². The molecule has 1 unspecified atom stereocenters. The Hall–Kier alpha value is -1.72. The minimum absolute atomic E-state index is 0.226. The minimum atomic E-state index is -0.520. The summed E-state index contributed by atoms with van der Waals surface area (Å²) in [5.74, 6) is 0.226. The number of nitrogens with two attached hydrogens (primary N) is 1. The molecule has 0 spiro atoms. The molecule has 0 saturated carbocycles. The highest BCUT2D eigenvalue weighted by Gasteiger charge is 2.25. The van der Waals surface area contributed by atoms with Gasteiger partial charge in [0.15, 0.2) is 0 Å². The molecule has 6 heteroatoms. The summed E-state index contributed by atoms with van der Waals surface area (Å²) in [4.78, 5) is 13.2. The fourth-order valence-electron chi connectivity index (χ4n) is 1.19. The van der Waals surface area contributed by atoms with Crippen molar-refractivity contribution >= 4 is 12.0 Å². The first-order chi connectivity index (χ1) is 7.70. The maximum Gasteiger partial charge on any atom is 0.410 e. The molecule has 6 nitrogen and oxygen atoms in total. The average molecular weight is 241 g/mol. The fraction of sp³-hybridized carbons (Fsp3) is 0.636. The zero-order valence-corrected chi connectivity index (χ0v) is 10.9. The lowest BCUT2D eigenvalue weighted by molar-refractivity contribution is 0.0229. The van der Waals surface area contributed by atoms with E-state index in [9.17, 15) is 4.79 Å². The van der Waals surface area contributed by atoms with E-state index in [0.717, 1.165) is 0 Å². The molecule has 1 heterocycles. The Morgan fingerprint density at radius 2 is 2.18 bits per heavy atom.